The fraction of sp³-hybridized carbons (Fsp3) is 0.448. The van der Waals surface area contributed by atoms with Gasteiger partial charge in [-0.05, 0) is 50.0 Å². The lowest BCUT2D eigenvalue weighted by atomic mass is 9.96. The van der Waals surface area contributed by atoms with E-state index in [1.807, 2.05) is 30.3 Å². The zero-order valence-corrected chi connectivity index (χ0v) is 24.8. The second-order valence-electron chi connectivity index (χ2n) is 10.4. The van der Waals surface area contributed by atoms with E-state index in [4.69, 9.17) is 19.6 Å². The Bertz CT molecular complexity index is 1490. The number of rotatable bonds is 13. The summed E-state index contributed by atoms with van der Waals surface area (Å²) in [6.45, 7) is 0.00118. The number of halogens is 3. The van der Waals surface area contributed by atoms with E-state index in [2.05, 4.69) is 9.88 Å². The van der Waals surface area contributed by atoms with E-state index in [9.17, 15) is 26.4 Å². The van der Waals surface area contributed by atoms with E-state index in [-0.39, 0.29) is 23.2 Å². The molecular formula is C29H35F3N4O6S. The minimum Gasteiger partial charge on any atom is -0.495 e. The fourth-order valence-corrected chi connectivity index (χ4v) is 6.30. The summed E-state index contributed by atoms with van der Waals surface area (Å²) in [5, 5.41) is 0. The van der Waals surface area contributed by atoms with Crippen LogP contribution in [0.4, 0.5) is 13.2 Å². The topological polar surface area (TPSA) is 128 Å². The highest BCUT2D eigenvalue weighted by molar-refractivity contribution is 7.89. The van der Waals surface area contributed by atoms with Gasteiger partial charge in [-0.15, -0.1) is 0 Å². The minimum atomic E-state index is -4.44. The lowest BCUT2D eigenvalue weighted by Gasteiger charge is -2.30. The quantitative estimate of drug-likeness (QED) is 0.303. The summed E-state index contributed by atoms with van der Waals surface area (Å²) < 4.78 is 81.2. The number of likely N-dealkylation sites (tertiary alicyclic amines) is 1. The minimum absolute atomic E-state index is 0.00592. The van der Waals surface area contributed by atoms with Crippen LogP contribution in [0.25, 0.3) is 11.3 Å². The number of nitrogens with two attached hydrogens (primary N) is 1. The van der Waals surface area contributed by atoms with Crippen LogP contribution in [0.1, 0.15) is 35.9 Å². The molecule has 0 radical (unpaired) electrons. The Hall–Kier alpha value is -3.46. The Morgan fingerprint density at radius 3 is 2.49 bits per heavy atom. The predicted octanol–water partition coefficient (Wildman–Crippen LogP) is 3.96. The lowest BCUT2D eigenvalue weighted by molar-refractivity contribution is -0.176. The van der Waals surface area contributed by atoms with Crippen LogP contribution in [0.15, 0.2) is 57.8 Å². The molecule has 10 nitrogen and oxygen atoms in total. The van der Waals surface area contributed by atoms with Crippen molar-refractivity contribution in [3.8, 4) is 17.1 Å². The van der Waals surface area contributed by atoms with Crippen molar-refractivity contribution in [2.75, 3.05) is 46.9 Å². The first-order chi connectivity index (χ1) is 20.4. The first-order valence-corrected chi connectivity index (χ1v) is 15.1. The first kappa shape index (κ1) is 32.5. The monoisotopic (exact) mass is 624 g/mol. The van der Waals surface area contributed by atoms with Crippen molar-refractivity contribution in [1.29, 1.82) is 0 Å². The van der Waals surface area contributed by atoms with Gasteiger partial charge in [-0.2, -0.15) is 17.5 Å². The third kappa shape index (κ3) is 8.56. The average molecular weight is 625 g/mol. The molecule has 0 bridgehead atoms. The number of primary amides is 1. The smallest absolute Gasteiger partial charge is 0.411 e. The zero-order valence-electron chi connectivity index (χ0n) is 24.0. The summed E-state index contributed by atoms with van der Waals surface area (Å²) in [5.74, 6) is 0.288. The Kier molecular flexibility index (Phi) is 10.5. The second-order valence-corrected chi connectivity index (χ2v) is 12.4. The zero-order chi connectivity index (χ0) is 31.2. The first-order valence-electron chi connectivity index (χ1n) is 13.7. The molecule has 43 heavy (non-hydrogen) atoms. The molecule has 0 atom stereocenters. The molecule has 14 heteroatoms. The molecule has 1 fully saturated rings. The van der Waals surface area contributed by atoms with Crippen LogP contribution in [0.3, 0.4) is 0 Å². The van der Waals surface area contributed by atoms with Crippen LogP contribution in [-0.4, -0.2) is 81.6 Å². The molecule has 1 aliphatic rings. The molecule has 0 aliphatic carbocycles. The van der Waals surface area contributed by atoms with E-state index in [1.54, 1.807) is 18.2 Å². The number of alkyl halides is 3. The van der Waals surface area contributed by atoms with E-state index in [0.717, 1.165) is 35.8 Å². The highest BCUT2D eigenvalue weighted by atomic mass is 32.2. The molecule has 2 aromatic carbocycles. The highest BCUT2D eigenvalue weighted by Gasteiger charge is 2.30. The Morgan fingerprint density at radius 2 is 1.86 bits per heavy atom. The average Bonchev–Trinajstić information content (AvgIpc) is 3.39. The number of methoxy groups -OCH3 is 1. The number of oxazole rings is 1. The molecular weight excluding hydrogens is 589 g/mol. The number of nitrogens with zero attached hydrogens (tertiary/aromatic N) is 3. The molecule has 2 heterocycles. The van der Waals surface area contributed by atoms with Gasteiger partial charge in [0.05, 0.1) is 20.3 Å². The molecule has 234 valence electrons. The van der Waals surface area contributed by atoms with Crippen LogP contribution < -0.4 is 10.5 Å². The number of piperidine rings is 1. The van der Waals surface area contributed by atoms with Gasteiger partial charge in [0, 0.05) is 25.1 Å². The highest BCUT2D eigenvalue weighted by Crippen LogP contribution is 2.34. The van der Waals surface area contributed by atoms with E-state index in [0.29, 0.717) is 35.9 Å². The molecule has 2 N–H and O–H groups in total. The summed E-state index contributed by atoms with van der Waals surface area (Å²) in [6, 6.07) is 14.0. The summed E-state index contributed by atoms with van der Waals surface area (Å²) in [5.41, 5.74) is 7.02. The van der Waals surface area contributed by atoms with Gasteiger partial charge < -0.3 is 24.5 Å². The second kappa shape index (κ2) is 13.9. The van der Waals surface area contributed by atoms with Gasteiger partial charge in [0.25, 0.3) is 0 Å². The van der Waals surface area contributed by atoms with Gasteiger partial charge in [-0.25, -0.2) is 13.4 Å². The molecule has 0 unspecified atom stereocenters. The van der Waals surface area contributed by atoms with E-state index in [1.165, 1.54) is 14.2 Å². The van der Waals surface area contributed by atoms with Crippen molar-refractivity contribution in [3.05, 3.63) is 65.7 Å². The van der Waals surface area contributed by atoms with Gasteiger partial charge in [0.15, 0.2) is 11.7 Å². The van der Waals surface area contributed by atoms with Crippen molar-refractivity contribution in [2.45, 2.75) is 42.9 Å². The van der Waals surface area contributed by atoms with Crippen molar-refractivity contribution in [3.63, 3.8) is 0 Å². The Labute approximate surface area is 248 Å². The number of carbonyl (C=O) groups is 1. The summed E-state index contributed by atoms with van der Waals surface area (Å²) in [7, 11) is -1.34. The van der Waals surface area contributed by atoms with E-state index < -0.39 is 35.3 Å². The van der Waals surface area contributed by atoms with Gasteiger partial charge in [0.2, 0.25) is 15.9 Å². The van der Waals surface area contributed by atoms with Gasteiger partial charge in [-0.1, -0.05) is 36.4 Å². The number of ether oxygens (including phenoxy) is 2. The number of sulfonamides is 1. The van der Waals surface area contributed by atoms with Gasteiger partial charge >= 0.3 is 6.18 Å². The summed E-state index contributed by atoms with van der Waals surface area (Å²) >= 11 is 0. The van der Waals surface area contributed by atoms with Crippen molar-refractivity contribution in [2.24, 2.45) is 5.73 Å². The number of benzene rings is 2. The SMILES string of the molecule is COc1ccc(CCN2CCC(c3nc(COCC(F)(F)F)c(-c4ccccc4)o3)CC2)cc1S(=O)(=O)N(C)CC(N)=O. The summed E-state index contributed by atoms with van der Waals surface area (Å²) in [6.07, 6.45) is -2.39. The maximum absolute atomic E-state index is 13.0. The molecule has 0 spiro atoms. The molecule has 1 aliphatic heterocycles. The molecule has 0 saturated carbocycles. The Balaban J connectivity index is 1.39. The number of hydrogen-bond donors (Lipinski definition) is 1. The summed E-state index contributed by atoms with van der Waals surface area (Å²) in [4.78, 5) is 18.0. The van der Waals surface area contributed by atoms with Gasteiger partial charge in [-0.3, -0.25) is 4.79 Å². The number of hydrogen-bond acceptors (Lipinski definition) is 8. The molecule has 1 saturated heterocycles. The third-order valence-electron chi connectivity index (χ3n) is 7.20. The normalized spacial score (nSPS) is 15.2. The third-order valence-corrected chi connectivity index (χ3v) is 9.03. The van der Waals surface area contributed by atoms with Crippen LogP contribution in [0.2, 0.25) is 0 Å². The molecule has 1 amide bonds. The standard InChI is InChI=1S/C29H35F3N4O6S/c1-35(17-26(33)37)43(38,39)25-16-20(8-9-24(25)40-2)10-13-36-14-11-22(12-15-36)28-34-23(18-41-19-29(30,31)32)27(42-28)21-6-4-3-5-7-21/h3-9,16,22H,10-15,17-19H2,1-2H3,(H2,33,37). The largest absolute Gasteiger partial charge is 0.495 e. The van der Waals surface area contributed by atoms with E-state index >= 15 is 0 Å². The van der Waals surface area contributed by atoms with Crippen LogP contribution in [-0.2, 0) is 32.6 Å². The van der Waals surface area contributed by atoms with Crippen LogP contribution in [0.5, 0.6) is 5.75 Å². The molecule has 4 rings (SSSR count). The lowest BCUT2D eigenvalue weighted by Crippen LogP contribution is -2.35. The predicted molar refractivity (Wildman–Crippen MR) is 152 cm³/mol. The van der Waals surface area contributed by atoms with Crippen molar-refractivity contribution < 1.29 is 40.3 Å². The molecule has 1 aromatic heterocycles. The van der Waals surface area contributed by atoms with Crippen LogP contribution in [0, 0.1) is 0 Å². The fourth-order valence-electron chi connectivity index (χ4n) is 4.96. The number of aromatic nitrogens is 1. The number of amides is 1. The van der Waals surface area contributed by atoms with Crippen molar-refractivity contribution >= 4 is 15.9 Å². The maximum atomic E-state index is 13.0. The van der Waals surface area contributed by atoms with Crippen molar-refractivity contribution in [1.82, 2.24) is 14.2 Å². The maximum Gasteiger partial charge on any atom is 0.411 e. The van der Waals surface area contributed by atoms with Crippen LogP contribution >= 0.6 is 0 Å². The number of likely N-dealkylation sites (N-methyl/N-ethyl adjacent to an activating group) is 1. The van der Waals surface area contributed by atoms with Gasteiger partial charge in [0.1, 0.15) is 22.9 Å². The Morgan fingerprint density at radius 1 is 1.16 bits per heavy atom. The number of carbonyl (C=O) groups excluding carboxylic acids is 1. The molecule has 3 aromatic rings.